The minimum atomic E-state index is -1.46. The van der Waals surface area contributed by atoms with Gasteiger partial charge in [-0.05, 0) is 6.07 Å². The smallest absolute Gasteiger partial charge is 0.336 e. The van der Waals surface area contributed by atoms with E-state index in [2.05, 4.69) is 20.3 Å². The highest BCUT2D eigenvalue weighted by Gasteiger charge is 2.19. The number of methoxy groups -OCH3 is 1. The predicted molar refractivity (Wildman–Crippen MR) is 72.7 cm³/mol. The number of hydrogen-bond donors (Lipinski definition) is 3. The predicted octanol–water partition coefficient (Wildman–Crippen LogP) is -0.813. The molecule has 8 heteroatoms. The SMILES string of the molecule is COC(=O)C(O)CNC(=O)c1n[nH]c(=O)c2ccccc12. The van der Waals surface area contributed by atoms with E-state index in [1.165, 1.54) is 0 Å². The Hall–Kier alpha value is -2.74. The molecule has 1 atom stereocenters. The molecule has 0 aliphatic heterocycles. The van der Waals surface area contributed by atoms with Crippen LogP contribution in [0.15, 0.2) is 29.1 Å². The lowest BCUT2D eigenvalue weighted by Crippen LogP contribution is -2.37. The second-order valence-corrected chi connectivity index (χ2v) is 4.20. The summed E-state index contributed by atoms with van der Waals surface area (Å²) in [6.45, 7) is -0.319. The van der Waals surface area contributed by atoms with E-state index in [1.54, 1.807) is 24.3 Å². The summed E-state index contributed by atoms with van der Waals surface area (Å²) in [4.78, 5) is 34.7. The van der Waals surface area contributed by atoms with Crippen LogP contribution >= 0.6 is 0 Å². The van der Waals surface area contributed by atoms with Gasteiger partial charge in [0.2, 0.25) is 0 Å². The molecule has 1 aromatic carbocycles. The maximum Gasteiger partial charge on any atom is 0.336 e. The van der Waals surface area contributed by atoms with Crippen molar-refractivity contribution in [1.82, 2.24) is 15.5 Å². The van der Waals surface area contributed by atoms with Crippen molar-refractivity contribution in [3.8, 4) is 0 Å². The maximum atomic E-state index is 12.0. The van der Waals surface area contributed by atoms with Gasteiger partial charge in [-0.3, -0.25) is 9.59 Å². The molecule has 21 heavy (non-hydrogen) atoms. The molecule has 0 spiro atoms. The van der Waals surface area contributed by atoms with E-state index in [4.69, 9.17) is 0 Å². The van der Waals surface area contributed by atoms with Gasteiger partial charge in [0.25, 0.3) is 11.5 Å². The van der Waals surface area contributed by atoms with Gasteiger partial charge in [0.1, 0.15) is 0 Å². The third kappa shape index (κ3) is 3.06. The highest BCUT2D eigenvalue weighted by Crippen LogP contribution is 2.11. The van der Waals surface area contributed by atoms with Crippen LogP contribution in [0.25, 0.3) is 10.8 Å². The molecule has 0 aliphatic carbocycles. The van der Waals surface area contributed by atoms with Crippen LogP contribution in [0.4, 0.5) is 0 Å². The Morgan fingerprint density at radius 2 is 2.05 bits per heavy atom. The molecular formula is C13H13N3O5. The fourth-order valence-electron chi connectivity index (χ4n) is 1.78. The molecular weight excluding hydrogens is 278 g/mol. The molecule has 0 saturated heterocycles. The van der Waals surface area contributed by atoms with Crippen LogP contribution in [-0.4, -0.2) is 46.9 Å². The van der Waals surface area contributed by atoms with Crippen molar-refractivity contribution >= 4 is 22.6 Å². The van der Waals surface area contributed by atoms with Gasteiger partial charge in [0, 0.05) is 5.39 Å². The molecule has 3 N–H and O–H groups in total. The third-order valence-electron chi connectivity index (χ3n) is 2.84. The van der Waals surface area contributed by atoms with Crippen molar-refractivity contribution in [2.45, 2.75) is 6.10 Å². The van der Waals surface area contributed by atoms with Crippen LogP contribution in [0.5, 0.6) is 0 Å². The Bertz CT molecular complexity index is 740. The van der Waals surface area contributed by atoms with Crippen molar-refractivity contribution in [3.05, 3.63) is 40.3 Å². The molecule has 0 radical (unpaired) electrons. The summed E-state index contributed by atoms with van der Waals surface area (Å²) in [6.07, 6.45) is -1.46. The normalized spacial score (nSPS) is 11.9. The fraction of sp³-hybridized carbons (Fsp3) is 0.231. The van der Waals surface area contributed by atoms with E-state index < -0.39 is 23.5 Å². The van der Waals surface area contributed by atoms with E-state index in [0.29, 0.717) is 10.8 Å². The lowest BCUT2D eigenvalue weighted by molar-refractivity contribution is -0.149. The molecule has 8 nitrogen and oxygen atoms in total. The minimum absolute atomic E-state index is 0.00210. The summed E-state index contributed by atoms with van der Waals surface area (Å²) < 4.78 is 4.33. The average molecular weight is 291 g/mol. The van der Waals surface area contributed by atoms with Gasteiger partial charge in [-0.15, -0.1) is 0 Å². The number of ether oxygens (including phenoxy) is 1. The molecule has 1 amide bonds. The van der Waals surface area contributed by atoms with Gasteiger partial charge in [-0.2, -0.15) is 5.10 Å². The number of rotatable bonds is 4. The van der Waals surface area contributed by atoms with E-state index in [1.807, 2.05) is 0 Å². The molecule has 1 heterocycles. The summed E-state index contributed by atoms with van der Waals surface area (Å²) in [7, 11) is 1.13. The fourth-order valence-corrected chi connectivity index (χ4v) is 1.78. The van der Waals surface area contributed by atoms with Crippen molar-refractivity contribution in [1.29, 1.82) is 0 Å². The summed E-state index contributed by atoms with van der Waals surface area (Å²) in [5, 5.41) is 18.4. The number of carbonyl (C=O) groups is 2. The number of aliphatic hydroxyl groups excluding tert-OH is 1. The third-order valence-corrected chi connectivity index (χ3v) is 2.84. The Morgan fingerprint density at radius 1 is 1.38 bits per heavy atom. The zero-order chi connectivity index (χ0) is 15.4. The van der Waals surface area contributed by atoms with Crippen LogP contribution in [0.1, 0.15) is 10.5 Å². The first-order valence-electron chi connectivity index (χ1n) is 6.06. The molecule has 110 valence electrons. The minimum Gasteiger partial charge on any atom is -0.467 e. The van der Waals surface area contributed by atoms with E-state index in [-0.39, 0.29) is 12.2 Å². The Labute approximate surface area is 118 Å². The summed E-state index contributed by atoms with van der Waals surface area (Å²) in [5.74, 6) is -1.47. The zero-order valence-corrected chi connectivity index (χ0v) is 11.1. The molecule has 1 unspecified atom stereocenters. The quantitative estimate of drug-likeness (QED) is 0.633. The molecule has 0 aliphatic rings. The molecule has 0 fully saturated rings. The summed E-state index contributed by atoms with van der Waals surface area (Å²) in [5.41, 5.74) is -0.404. The Balaban J connectivity index is 2.23. The van der Waals surface area contributed by atoms with E-state index in [9.17, 15) is 19.5 Å². The lowest BCUT2D eigenvalue weighted by atomic mass is 10.1. The van der Waals surface area contributed by atoms with Crippen molar-refractivity contribution in [3.63, 3.8) is 0 Å². The Morgan fingerprint density at radius 3 is 2.71 bits per heavy atom. The van der Waals surface area contributed by atoms with Crippen LogP contribution in [0.3, 0.4) is 0 Å². The molecule has 0 bridgehead atoms. The number of esters is 1. The van der Waals surface area contributed by atoms with Gasteiger partial charge < -0.3 is 15.2 Å². The number of aromatic nitrogens is 2. The number of H-pyrrole nitrogens is 1. The largest absolute Gasteiger partial charge is 0.467 e. The standard InChI is InChI=1S/C13H13N3O5/c1-21-13(20)9(17)6-14-12(19)10-7-4-2-3-5-8(7)11(18)16-15-10/h2-5,9,17H,6H2,1H3,(H,14,19)(H,16,18). The first kappa shape index (κ1) is 14.7. The van der Waals surface area contributed by atoms with Crippen LogP contribution in [0, 0.1) is 0 Å². The van der Waals surface area contributed by atoms with Crippen LogP contribution in [-0.2, 0) is 9.53 Å². The van der Waals surface area contributed by atoms with Gasteiger partial charge in [-0.25, -0.2) is 9.89 Å². The van der Waals surface area contributed by atoms with Crippen LogP contribution in [0.2, 0.25) is 0 Å². The molecule has 2 aromatic rings. The number of nitrogens with one attached hydrogen (secondary N) is 2. The highest BCUT2D eigenvalue weighted by atomic mass is 16.5. The number of aliphatic hydroxyl groups is 1. The Kier molecular flexibility index (Phi) is 4.29. The number of carbonyl (C=O) groups excluding carboxylic acids is 2. The number of amides is 1. The maximum absolute atomic E-state index is 12.0. The number of hydrogen-bond acceptors (Lipinski definition) is 6. The number of benzene rings is 1. The topological polar surface area (TPSA) is 121 Å². The molecule has 0 saturated carbocycles. The number of fused-ring (bicyclic) bond motifs is 1. The van der Waals surface area contributed by atoms with E-state index in [0.717, 1.165) is 7.11 Å². The average Bonchev–Trinajstić information content (AvgIpc) is 2.52. The number of nitrogens with zero attached hydrogens (tertiary/aromatic N) is 1. The van der Waals surface area contributed by atoms with Crippen molar-refractivity contribution in [2.24, 2.45) is 0 Å². The monoisotopic (exact) mass is 291 g/mol. The summed E-state index contributed by atoms with van der Waals surface area (Å²) in [6, 6.07) is 6.49. The van der Waals surface area contributed by atoms with Crippen molar-refractivity contribution in [2.75, 3.05) is 13.7 Å². The molecule has 2 rings (SSSR count). The first-order valence-corrected chi connectivity index (χ1v) is 6.06. The lowest BCUT2D eigenvalue weighted by Gasteiger charge is -2.10. The van der Waals surface area contributed by atoms with Gasteiger partial charge >= 0.3 is 5.97 Å². The van der Waals surface area contributed by atoms with Gasteiger partial charge in [0.15, 0.2) is 11.8 Å². The number of aromatic amines is 1. The molecule has 1 aromatic heterocycles. The second kappa shape index (κ2) is 6.14. The highest BCUT2D eigenvalue weighted by molar-refractivity contribution is 6.04. The zero-order valence-electron chi connectivity index (χ0n) is 11.1. The van der Waals surface area contributed by atoms with E-state index >= 15 is 0 Å². The van der Waals surface area contributed by atoms with Crippen molar-refractivity contribution < 1.29 is 19.4 Å². The first-order chi connectivity index (χ1) is 10.0. The van der Waals surface area contributed by atoms with Gasteiger partial charge in [0.05, 0.1) is 19.0 Å². The second-order valence-electron chi connectivity index (χ2n) is 4.20. The summed E-state index contributed by atoms with van der Waals surface area (Å²) >= 11 is 0. The van der Waals surface area contributed by atoms with Crippen LogP contribution < -0.4 is 10.9 Å². The van der Waals surface area contributed by atoms with Gasteiger partial charge in [-0.1, -0.05) is 18.2 Å².